The molecule has 0 radical (unpaired) electrons. The highest BCUT2D eigenvalue weighted by atomic mass is 16.2. The minimum Gasteiger partial charge on any atom is -0.352 e. The number of hydrogen-bond acceptors (Lipinski definition) is 3. The SMILES string of the molecule is CCNC1CCC(N(C)C(C)C(=O)NC(C)CC)CC1. The van der Waals surface area contributed by atoms with Crippen LogP contribution in [0.4, 0.5) is 0 Å². The number of nitrogens with one attached hydrogen (secondary N) is 2. The zero-order chi connectivity index (χ0) is 15.1. The second-order valence-electron chi connectivity index (χ2n) is 6.22. The van der Waals surface area contributed by atoms with Crippen LogP contribution in [-0.2, 0) is 4.79 Å². The molecule has 0 aromatic carbocycles. The van der Waals surface area contributed by atoms with Crippen molar-refractivity contribution < 1.29 is 4.79 Å². The van der Waals surface area contributed by atoms with Crippen LogP contribution < -0.4 is 10.6 Å². The van der Waals surface area contributed by atoms with Crippen LogP contribution in [0.25, 0.3) is 0 Å². The molecule has 2 N–H and O–H groups in total. The standard InChI is InChI=1S/C16H33N3O/c1-6-12(3)18-16(20)13(4)19(5)15-10-8-14(9-11-15)17-7-2/h12-15,17H,6-11H2,1-5H3,(H,18,20). The molecule has 0 heterocycles. The van der Waals surface area contributed by atoms with E-state index in [2.05, 4.69) is 43.4 Å². The highest BCUT2D eigenvalue weighted by molar-refractivity contribution is 5.81. The maximum Gasteiger partial charge on any atom is 0.237 e. The molecule has 0 aromatic heterocycles. The van der Waals surface area contributed by atoms with E-state index in [0.717, 1.165) is 13.0 Å². The molecule has 1 rings (SSSR count). The van der Waals surface area contributed by atoms with Crippen LogP contribution >= 0.6 is 0 Å². The van der Waals surface area contributed by atoms with Gasteiger partial charge in [-0.25, -0.2) is 0 Å². The minimum atomic E-state index is -0.0373. The van der Waals surface area contributed by atoms with Crippen LogP contribution in [0.3, 0.4) is 0 Å². The van der Waals surface area contributed by atoms with Gasteiger partial charge >= 0.3 is 0 Å². The number of nitrogens with zero attached hydrogens (tertiary/aromatic N) is 1. The predicted molar refractivity (Wildman–Crippen MR) is 84.8 cm³/mol. The van der Waals surface area contributed by atoms with Crippen LogP contribution in [-0.4, -0.2) is 48.6 Å². The van der Waals surface area contributed by atoms with E-state index in [1.165, 1.54) is 25.7 Å². The van der Waals surface area contributed by atoms with Gasteiger partial charge in [-0.2, -0.15) is 0 Å². The zero-order valence-corrected chi connectivity index (χ0v) is 13.9. The van der Waals surface area contributed by atoms with Crippen molar-refractivity contribution >= 4 is 5.91 Å². The molecule has 2 atom stereocenters. The van der Waals surface area contributed by atoms with Crippen molar-refractivity contribution in [3.8, 4) is 0 Å². The first-order valence-corrected chi connectivity index (χ1v) is 8.25. The summed E-state index contributed by atoms with van der Waals surface area (Å²) in [6, 6.07) is 1.45. The van der Waals surface area contributed by atoms with Crippen LogP contribution in [0, 0.1) is 0 Å². The van der Waals surface area contributed by atoms with Gasteiger partial charge in [0.1, 0.15) is 0 Å². The topological polar surface area (TPSA) is 44.4 Å². The molecule has 1 fully saturated rings. The van der Waals surface area contributed by atoms with Gasteiger partial charge in [0.2, 0.25) is 5.91 Å². The number of amides is 1. The third kappa shape index (κ3) is 5.06. The number of carbonyl (C=O) groups excluding carboxylic acids is 1. The van der Waals surface area contributed by atoms with E-state index in [-0.39, 0.29) is 18.0 Å². The Morgan fingerprint density at radius 3 is 2.30 bits per heavy atom. The molecule has 0 saturated heterocycles. The molecule has 20 heavy (non-hydrogen) atoms. The highest BCUT2D eigenvalue weighted by Gasteiger charge is 2.28. The van der Waals surface area contributed by atoms with Gasteiger partial charge < -0.3 is 10.6 Å². The van der Waals surface area contributed by atoms with E-state index in [4.69, 9.17) is 0 Å². The summed E-state index contributed by atoms with van der Waals surface area (Å²) in [4.78, 5) is 14.5. The number of hydrogen-bond donors (Lipinski definition) is 2. The third-order valence-corrected chi connectivity index (χ3v) is 4.76. The maximum absolute atomic E-state index is 12.2. The summed E-state index contributed by atoms with van der Waals surface area (Å²) >= 11 is 0. The summed E-state index contributed by atoms with van der Waals surface area (Å²) in [7, 11) is 2.10. The minimum absolute atomic E-state index is 0.0373. The molecular formula is C16H33N3O. The van der Waals surface area contributed by atoms with Crippen molar-refractivity contribution in [3.63, 3.8) is 0 Å². The van der Waals surface area contributed by atoms with Gasteiger partial charge in [-0.1, -0.05) is 13.8 Å². The summed E-state index contributed by atoms with van der Waals surface area (Å²) in [5.74, 6) is 0.163. The first-order chi connectivity index (χ1) is 9.49. The van der Waals surface area contributed by atoms with Crippen molar-refractivity contribution in [2.45, 2.75) is 84.0 Å². The Kier molecular flexibility index (Phi) is 7.52. The predicted octanol–water partition coefficient (Wildman–Crippen LogP) is 2.14. The van der Waals surface area contributed by atoms with Gasteiger partial charge in [-0.15, -0.1) is 0 Å². The van der Waals surface area contributed by atoms with E-state index >= 15 is 0 Å². The Hall–Kier alpha value is -0.610. The summed E-state index contributed by atoms with van der Waals surface area (Å²) in [5, 5.41) is 6.62. The summed E-state index contributed by atoms with van der Waals surface area (Å²) < 4.78 is 0. The molecule has 1 amide bonds. The lowest BCUT2D eigenvalue weighted by Gasteiger charge is -2.37. The van der Waals surface area contributed by atoms with Gasteiger partial charge in [0, 0.05) is 18.1 Å². The van der Waals surface area contributed by atoms with E-state index in [0.29, 0.717) is 12.1 Å². The quantitative estimate of drug-likeness (QED) is 0.752. The monoisotopic (exact) mass is 283 g/mol. The van der Waals surface area contributed by atoms with Gasteiger partial charge in [-0.3, -0.25) is 9.69 Å². The number of rotatable bonds is 7. The first-order valence-electron chi connectivity index (χ1n) is 8.25. The lowest BCUT2D eigenvalue weighted by molar-refractivity contribution is -0.127. The third-order valence-electron chi connectivity index (χ3n) is 4.76. The highest BCUT2D eigenvalue weighted by Crippen LogP contribution is 2.23. The fraction of sp³-hybridized carbons (Fsp3) is 0.938. The van der Waals surface area contributed by atoms with Crippen LogP contribution in [0.1, 0.15) is 59.8 Å². The van der Waals surface area contributed by atoms with Gasteiger partial charge in [-0.05, 0) is 59.5 Å². The Morgan fingerprint density at radius 1 is 1.20 bits per heavy atom. The van der Waals surface area contributed by atoms with Crippen molar-refractivity contribution in [1.82, 2.24) is 15.5 Å². The largest absolute Gasteiger partial charge is 0.352 e. The lowest BCUT2D eigenvalue weighted by atomic mass is 9.89. The fourth-order valence-corrected chi connectivity index (χ4v) is 2.94. The van der Waals surface area contributed by atoms with Crippen LogP contribution in [0.5, 0.6) is 0 Å². The summed E-state index contributed by atoms with van der Waals surface area (Å²) in [5.41, 5.74) is 0. The summed E-state index contributed by atoms with van der Waals surface area (Å²) in [6.45, 7) is 9.40. The second-order valence-corrected chi connectivity index (χ2v) is 6.22. The molecule has 4 heteroatoms. The zero-order valence-electron chi connectivity index (χ0n) is 13.9. The van der Waals surface area contributed by atoms with E-state index in [1.54, 1.807) is 0 Å². The molecule has 1 aliphatic rings. The molecule has 118 valence electrons. The molecule has 4 nitrogen and oxygen atoms in total. The van der Waals surface area contributed by atoms with Crippen molar-refractivity contribution in [3.05, 3.63) is 0 Å². The average Bonchev–Trinajstić information content (AvgIpc) is 2.46. The molecule has 0 bridgehead atoms. The van der Waals surface area contributed by atoms with Gasteiger partial charge in [0.25, 0.3) is 0 Å². The van der Waals surface area contributed by atoms with Crippen LogP contribution in [0.2, 0.25) is 0 Å². The van der Waals surface area contributed by atoms with Gasteiger partial charge in [0.05, 0.1) is 6.04 Å². The molecule has 1 aliphatic carbocycles. The normalized spacial score (nSPS) is 26.3. The maximum atomic E-state index is 12.2. The van der Waals surface area contributed by atoms with E-state index < -0.39 is 0 Å². The fourth-order valence-electron chi connectivity index (χ4n) is 2.94. The average molecular weight is 283 g/mol. The smallest absolute Gasteiger partial charge is 0.237 e. The van der Waals surface area contributed by atoms with Crippen LogP contribution in [0.15, 0.2) is 0 Å². The molecule has 0 aromatic rings. The van der Waals surface area contributed by atoms with Crippen molar-refractivity contribution in [1.29, 1.82) is 0 Å². The van der Waals surface area contributed by atoms with Crippen molar-refractivity contribution in [2.75, 3.05) is 13.6 Å². The lowest BCUT2D eigenvalue weighted by Crippen LogP contribution is -2.51. The Bertz CT molecular complexity index is 287. The van der Waals surface area contributed by atoms with Gasteiger partial charge in [0.15, 0.2) is 0 Å². The molecule has 1 saturated carbocycles. The van der Waals surface area contributed by atoms with E-state index in [1.807, 2.05) is 6.92 Å². The molecule has 0 aliphatic heterocycles. The van der Waals surface area contributed by atoms with Crippen molar-refractivity contribution in [2.24, 2.45) is 0 Å². The summed E-state index contributed by atoms with van der Waals surface area (Å²) in [6.07, 6.45) is 5.81. The Morgan fingerprint density at radius 2 is 1.80 bits per heavy atom. The number of likely N-dealkylation sites (N-methyl/N-ethyl adjacent to an activating group) is 1. The molecule has 2 unspecified atom stereocenters. The Labute approximate surface area is 124 Å². The first kappa shape index (κ1) is 17.4. The molecular weight excluding hydrogens is 250 g/mol. The second kappa shape index (κ2) is 8.63. The Balaban J connectivity index is 2.41. The van der Waals surface area contributed by atoms with E-state index in [9.17, 15) is 4.79 Å². The number of carbonyl (C=O) groups is 1. The molecule has 0 spiro atoms.